The lowest BCUT2D eigenvalue weighted by molar-refractivity contribution is 0.125. The van der Waals surface area contributed by atoms with Crippen molar-refractivity contribution >= 4 is 0 Å². The van der Waals surface area contributed by atoms with Crippen LogP contribution in [0.15, 0.2) is 18.2 Å². The van der Waals surface area contributed by atoms with Crippen molar-refractivity contribution in [2.24, 2.45) is 5.92 Å². The molecule has 1 aliphatic carbocycles. The Kier molecular flexibility index (Phi) is 5.08. The molecule has 1 aromatic carbocycles. The van der Waals surface area contributed by atoms with Gasteiger partial charge in [0.15, 0.2) is 11.5 Å². The zero-order chi connectivity index (χ0) is 13.7. The fourth-order valence-electron chi connectivity index (χ4n) is 2.79. The second-order valence-corrected chi connectivity index (χ2v) is 5.53. The first-order chi connectivity index (χ1) is 9.22. The van der Waals surface area contributed by atoms with E-state index in [-0.39, 0.29) is 0 Å². The standard InChI is InChI=1S/C16H25NO2/c1-12-5-4-6-14(9-12)19-16-10-13(11-17-2)7-8-15(16)18-3/h7-8,10,12,14,17H,4-6,9,11H2,1-3H3. The van der Waals surface area contributed by atoms with Gasteiger partial charge in [0.05, 0.1) is 13.2 Å². The average molecular weight is 263 g/mol. The van der Waals surface area contributed by atoms with Crippen molar-refractivity contribution in [1.29, 1.82) is 0 Å². The van der Waals surface area contributed by atoms with Crippen molar-refractivity contribution in [3.05, 3.63) is 23.8 Å². The summed E-state index contributed by atoms with van der Waals surface area (Å²) in [6.07, 6.45) is 5.24. The SMILES string of the molecule is CNCc1ccc(OC)c(OC2CCCC(C)C2)c1. The molecule has 0 radical (unpaired) electrons. The Bertz CT molecular complexity index is 406. The minimum atomic E-state index is 0.336. The van der Waals surface area contributed by atoms with Crippen LogP contribution in [-0.2, 0) is 6.54 Å². The largest absolute Gasteiger partial charge is 0.493 e. The predicted octanol–water partition coefficient (Wildman–Crippen LogP) is 3.37. The molecule has 0 bridgehead atoms. The normalized spacial score (nSPS) is 23.1. The van der Waals surface area contributed by atoms with Crippen molar-refractivity contribution in [1.82, 2.24) is 5.32 Å². The van der Waals surface area contributed by atoms with E-state index < -0.39 is 0 Å². The molecule has 2 unspecified atom stereocenters. The molecule has 3 heteroatoms. The van der Waals surface area contributed by atoms with Crippen LogP contribution in [0.1, 0.15) is 38.2 Å². The monoisotopic (exact) mass is 263 g/mol. The van der Waals surface area contributed by atoms with E-state index in [1.165, 1.54) is 18.4 Å². The lowest BCUT2D eigenvalue weighted by Gasteiger charge is -2.28. The van der Waals surface area contributed by atoms with Crippen LogP contribution >= 0.6 is 0 Å². The van der Waals surface area contributed by atoms with Crippen LogP contribution in [0.5, 0.6) is 11.5 Å². The molecule has 0 aromatic heterocycles. The van der Waals surface area contributed by atoms with Crippen molar-refractivity contribution in [3.8, 4) is 11.5 Å². The average Bonchev–Trinajstić information content (AvgIpc) is 2.39. The van der Waals surface area contributed by atoms with Crippen molar-refractivity contribution in [2.75, 3.05) is 14.2 Å². The summed E-state index contributed by atoms with van der Waals surface area (Å²) in [7, 11) is 3.65. The minimum Gasteiger partial charge on any atom is -0.493 e. The molecule has 1 saturated carbocycles. The third kappa shape index (κ3) is 3.87. The van der Waals surface area contributed by atoms with Gasteiger partial charge < -0.3 is 14.8 Å². The highest BCUT2D eigenvalue weighted by atomic mass is 16.5. The summed E-state index contributed by atoms with van der Waals surface area (Å²) in [5, 5.41) is 3.16. The first-order valence-electron chi connectivity index (χ1n) is 7.21. The summed E-state index contributed by atoms with van der Waals surface area (Å²) in [6.45, 7) is 3.16. The highest BCUT2D eigenvalue weighted by Crippen LogP contribution is 2.33. The van der Waals surface area contributed by atoms with Crippen molar-refractivity contribution in [3.63, 3.8) is 0 Å². The number of benzene rings is 1. The Labute approximate surface area is 116 Å². The number of rotatable bonds is 5. The van der Waals surface area contributed by atoms with Gasteiger partial charge in [-0.1, -0.05) is 19.4 Å². The predicted molar refractivity (Wildman–Crippen MR) is 77.8 cm³/mol. The molecule has 0 aliphatic heterocycles. The van der Waals surface area contributed by atoms with Crippen LogP contribution < -0.4 is 14.8 Å². The molecular weight excluding hydrogens is 238 g/mol. The number of hydrogen-bond donors (Lipinski definition) is 1. The number of methoxy groups -OCH3 is 1. The summed E-state index contributed by atoms with van der Waals surface area (Å²) in [6, 6.07) is 6.16. The summed E-state index contributed by atoms with van der Waals surface area (Å²) < 4.78 is 11.6. The van der Waals surface area contributed by atoms with Crippen LogP contribution in [0.2, 0.25) is 0 Å². The molecule has 3 nitrogen and oxygen atoms in total. The van der Waals surface area contributed by atoms with Gasteiger partial charge in [-0.25, -0.2) is 0 Å². The van der Waals surface area contributed by atoms with Crippen LogP contribution in [0.3, 0.4) is 0 Å². The van der Waals surface area contributed by atoms with Crippen LogP contribution in [0, 0.1) is 5.92 Å². The summed E-state index contributed by atoms with van der Waals surface area (Å²) >= 11 is 0. The maximum atomic E-state index is 6.18. The van der Waals surface area contributed by atoms with Gasteiger partial charge in [-0.2, -0.15) is 0 Å². The molecule has 0 spiro atoms. The van der Waals surface area contributed by atoms with Gasteiger partial charge in [-0.15, -0.1) is 0 Å². The first kappa shape index (κ1) is 14.2. The number of hydrogen-bond acceptors (Lipinski definition) is 3. The first-order valence-corrected chi connectivity index (χ1v) is 7.21. The highest BCUT2D eigenvalue weighted by Gasteiger charge is 2.21. The quantitative estimate of drug-likeness (QED) is 0.883. The number of nitrogens with one attached hydrogen (secondary N) is 1. The topological polar surface area (TPSA) is 30.5 Å². The van der Waals surface area contributed by atoms with Crippen LogP contribution in [-0.4, -0.2) is 20.3 Å². The van der Waals surface area contributed by atoms with Gasteiger partial charge in [-0.05, 0) is 49.9 Å². The molecule has 2 atom stereocenters. The molecule has 1 fully saturated rings. The highest BCUT2D eigenvalue weighted by molar-refractivity contribution is 5.43. The molecule has 106 valence electrons. The minimum absolute atomic E-state index is 0.336. The summed E-state index contributed by atoms with van der Waals surface area (Å²) in [5.41, 5.74) is 1.22. The fraction of sp³-hybridized carbons (Fsp3) is 0.625. The van der Waals surface area contributed by atoms with Gasteiger partial charge in [0.2, 0.25) is 0 Å². The lowest BCUT2D eigenvalue weighted by Crippen LogP contribution is -2.24. The second kappa shape index (κ2) is 6.80. The molecule has 2 rings (SSSR count). The smallest absolute Gasteiger partial charge is 0.161 e. The Morgan fingerprint density at radius 3 is 2.79 bits per heavy atom. The van der Waals surface area contributed by atoms with E-state index in [4.69, 9.17) is 9.47 Å². The molecule has 19 heavy (non-hydrogen) atoms. The molecular formula is C16H25NO2. The molecule has 1 N–H and O–H groups in total. The molecule has 0 heterocycles. The summed E-state index contributed by atoms with van der Waals surface area (Å²) in [4.78, 5) is 0. The van der Waals surface area contributed by atoms with E-state index in [1.54, 1.807) is 7.11 Å². The van der Waals surface area contributed by atoms with Crippen LogP contribution in [0.4, 0.5) is 0 Å². The third-order valence-corrected chi connectivity index (χ3v) is 3.79. The van der Waals surface area contributed by atoms with E-state index in [0.717, 1.165) is 36.8 Å². The van der Waals surface area contributed by atoms with E-state index in [1.807, 2.05) is 13.1 Å². The zero-order valence-corrected chi connectivity index (χ0v) is 12.2. The van der Waals surface area contributed by atoms with Crippen LogP contribution in [0.25, 0.3) is 0 Å². The summed E-state index contributed by atoms with van der Waals surface area (Å²) in [5.74, 6) is 2.48. The Balaban J connectivity index is 2.10. The second-order valence-electron chi connectivity index (χ2n) is 5.53. The zero-order valence-electron chi connectivity index (χ0n) is 12.2. The third-order valence-electron chi connectivity index (χ3n) is 3.79. The van der Waals surface area contributed by atoms with Gasteiger partial charge in [0, 0.05) is 6.54 Å². The fourth-order valence-corrected chi connectivity index (χ4v) is 2.79. The number of ether oxygens (including phenoxy) is 2. The van der Waals surface area contributed by atoms with E-state index in [2.05, 4.69) is 24.4 Å². The van der Waals surface area contributed by atoms with Gasteiger partial charge in [0.25, 0.3) is 0 Å². The van der Waals surface area contributed by atoms with E-state index in [0.29, 0.717) is 6.10 Å². The maximum absolute atomic E-state index is 6.18. The Morgan fingerprint density at radius 1 is 1.26 bits per heavy atom. The molecule has 1 aromatic rings. The molecule has 1 aliphatic rings. The van der Waals surface area contributed by atoms with E-state index >= 15 is 0 Å². The lowest BCUT2D eigenvalue weighted by atomic mass is 9.89. The van der Waals surface area contributed by atoms with E-state index in [9.17, 15) is 0 Å². The van der Waals surface area contributed by atoms with Gasteiger partial charge in [-0.3, -0.25) is 0 Å². The van der Waals surface area contributed by atoms with Gasteiger partial charge in [0.1, 0.15) is 0 Å². The maximum Gasteiger partial charge on any atom is 0.161 e. The Morgan fingerprint density at radius 2 is 2.11 bits per heavy atom. The molecule has 0 saturated heterocycles. The Hall–Kier alpha value is -1.22. The van der Waals surface area contributed by atoms with Crippen molar-refractivity contribution in [2.45, 2.75) is 45.3 Å². The van der Waals surface area contributed by atoms with Crippen molar-refractivity contribution < 1.29 is 9.47 Å². The van der Waals surface area contributed by atoms with Gasteiger partial charge >= 0.3 is 0 Å². The molecule has 0 amide bonds.